The Morgan fingerprint density at radius 2 is 1.63 bits per heavy atom. The van der Waals surface area contributed by atoms with Crippen LogP contribution >= 0.6 is 0 Å². The maximum atomic E-state index is 11.7. The minimum absolute atomic E-state index is 0.266. The zero-order valence-electron chi connectivity index (χ0n) is 10.8. The zero-order valence-corrected chi connectivity index (χ0v) is 10.8. The number of carbonyl (C=O) groups excluding carboxylic acids is 1. The van der Waals surface area contributed by atoms with Gasteiger partial charge in [0.2, 0.25) is 0 Å². The van der Waals surface area contributed by atoms with Crippen molar-refractivity contribution in [2.45, 2.75) is 38.0 Å². The molecule has 1 fully saturated rings. The highest BCUT2D eigenvalue weighted by Gasteiger charge is 2.15. The number of rotatable bonds is 4. The molecule has 0 bridgehead atoms. The highest BCUT2D eigenvalue weighted by atomic mass is 16.4. The third-order valence-electron chi connectivity index (χ3n) is 3.65. The molecule has 1 aromatic rings. The summed E-state index contributed by atoms with van der Waals surface area (Å²) in [6, 6.07) is 7.58. The van der Waals surface area contributed by atoms with Crippen LogP contribution in [0.4, 0.5) is 0 Å². The van der Waals surface area contributed by atoms with E-state index in [1.165, 1.54) is 37.7 Å². The molecule has 1 aromatic carbocycles. The Labute approximate surface area is 113 Å². The van der Waals surface area contributed by atoms with Gasteiger partial charge in [0.05, 0.1) is 0 Å². The van der Waals surface area contributed by atoms with E-state index < -0.39 is 5.97 Å². The number of benzene rings is 1. The summed E-state index contributed by atoms with van der Waals surface area (Å²) in [4.78, 5) is 22.0. The minimum atomic E-state index is -1.10. The Morgan fingerprint density at radius 1 is 1.00 bits per heavy atom. The van der Waals surface area contributed by atoms with Crippen molar-refractivity contribution in [3.63, 3.8) is 0 Å². The highest BCUT2D eigenvalue weighted by Crippen LogP contribution is 2.32. The van der Waals surface area contributed by atoms with Gasteiger partial charge in [0.15, 0.2) is 5.78 Å². The van der Waals surface area contributed by atoms with Crippen LogP contribution in [0, 0.1) is 0 Å². The normalized spacial score (nSPS) is 16.6. The summed E-state index contributed by atoms with van der Waals surface area (Å²) in [7, 11) is 0. The van der Waals surface area contributed by atoms with Gasteiger partial charge in [-0.25, -0.2) is 4.79 Å². The molecule has 3 heteroatoms. The number of carboxylic acid groups (broad SMARTS) is 1. The molecular formula is C16H18O3. The van der Waals surface area contributed by atoms with Gasteiger partial charge in [0.25, 0.3) is 0 Å². The molecule has 0 amide bonds. The number of aliphatic carboxylic acids is 1. The lowest BCUT2D eigenvalue weighted by Gasteiger charge is -2.21. The molecule has 0 heterocycles. The molecular weight excluding hydrogens is 240 g/mol. The highest BCUT2D eigenvalue weighted by molar-refractivity contribution is 6.06. The molecule has 0 aromatic heterocycles. The van der Waals surface area contributed by atoms with Crippen molar-refractivity contribution in [3.8, 4) is 0 Å². The van der Waals surface area contributed by atoms with Gasteiger partial charge in [-0.05, 0) is 30.4 Å². The van der Waals surface area contributed by atoms with Crippen molar-refractivity contribution >= 4 is 11.8 Å². The van der Waals surface area contributed by atoms with Gasteiger partial charge in [-0.1, -0.05) is 43.5 Å². The molecule has 0 atom stereocenters. The van der Waals surface area contributed by atoms with Gasteiger partial charge >= 0.3 is 5.97 Å². The average molecular weight is 258 g/mol. The van der Waals surface area contributed by atoms with Crippen LogP contribution in [0.25, 0.3) is 0 Å². The van der Waals surface area contributed by atoms with E-state index in [0.29, 0.717) is 11.5 Å². The summed E-state index contributed by atoms with van der Waals surface area (Å²) >= 11 is 0. The summed E-state index contributed by atoms with van der Waals surface area (Å²) < 4.78 is 0. The van der Waals surface area contributed by atoms with Crippen LogP contribution in [-0.4, -0.2) is 16.9 Å². The fourth-order valence-electron chi connectivity index (χ4n) is 2.60. The van der Waals surface area contributed by atoms with Crippen LogP contribution in [0.2, 0.25) is 0 Å². The Morgan fingerprint density at radius 3 is 2.21 bits per heavy atom. The number of ketones is 1. The molecule has 0 unspecified atom stereocenters. The first-order valence-corrected chi connectivity index (χ1v) is 6.72. The minimum Gasteiger partial charge on any atom is -0.478 e. The maximum absolute atomic E-state index is 11.7. The van der Waals surface area contributed by atoms with Gasteiger partial charge in [-0.15, -0.1) is 0 Å². The Balaban J connectivity index is 2.05. The zero-order chi connectivity index (χ0) is 13.7. The standard InChI is InChI=1S/C16H18O3/c17-15(10-11-16(18)19)14-8-6-13(7-9-14)12-4-2-1-3-5-12/h6-12H,1-5H2,(H,18,19). The van der Waals surface area contributed by atoms with E-state index in [4.69, 9.17) is 5.11 Å². The number of hydrogen-bond acceptors (Lipinski definition) is 2. The molecule has 0 spiro atoms. The van der Waals surface area contributed by atoms with Gasteiger partial charge in [0.1, 0.15) is 0 Å². The van der Waals surface area contributed by atoms with Gasteiger partial charge in [0, 0.05) is 11.6 Å². The molecule has 2 rings (SSSR count). The number of hydrogen-bond donors (Lipinski definition) is 1. The summed E-state index contributed by atoms with van der Waals surface area (Å²) in [5.41, 5.74) is 1.83. The van der Waals surface area contributed by atoms with E-state index in [1.54, 1.807) is 12.1 Å². The first kappa shape index (κ1) is 13.5. The van der Waals surface area contributed by atoms with Crippen molar-refractivity contribution in [3.05, 3.63) is 47.5 Å². The van der Waals surface area contributed by atoms with E-state index >= 15 is 0 Å². The molecule has 1 saturated carbocycles. The monoisotopic (exact) mass is 258 g/mol. The largest absolute Gasteiger partial charge is 0.478 e. The summed E-state index contributed by atoms with van der Waals surface area (Å²) in [5, 5.41) is 8.48. The molecule has 0 saturated heterocycles. The van der Waals surface area contributed by atoms with Crippen molar-refractivity contribution in [2.24, 2.45) is 0 Å². The smallest absolute Gasteiger partial charge is 0.328 e. The van der Waals surface area contributed by atoms with Crippen LogP contribution in [0.5, 0.6) is 0 Å². The van der Waals surface area contributed by atoms with Crippen LogP contribution in [0.3, 0.4) is 0 Å². The SMILES string of the molecule is O=C(O)C=CC(=O)c1ccc(C2CCCCC2)cc1. The second-order valence-corrected chi connectivity index (χ2v) is 4.99. The molecule has 3 nitrogen and oxygen atoms in total. The maximum Gasteiger partial charge on any atom is 0.328 e. The number of carbonyl (C=O) groups is 2. The van der Waals surface area contributed by atoms with E-state index in [1.807, 2.05) is 12.1 Å². The lowest BCUT2D eigenvalue weighted by atomic mass is 9.84. The summed E-state index contributed by atoms with van der Waals surface area (Å²) in [6.07, 6.45) is 8.32. The van der Waals surface area contributed by atoms with E-state index in [9.17, 15) is 9.59 Å². The second-order valence-electron chi connectivity index (χ2n) is 4.99. The molecule has 19 heavy (non-hydrogen) atoms. The lowest BCUT2D eigenvalue weighted by Crippen LogP contribution is -2.05. The third-order valence-corrected chi connectivity index (χ3v) is 3.65. The fraction of sp³-hybridized carbons (Fsp3) is 0.375. The number of allylic oxidation sites excluding steroid dienone is 1. The summed E-state index contributed by atoms with van der Waals surface area (Å²) in [6.45, 7) is 0. The molecule has 0 aliphatic heterocycles. The second kappa shape index (κ2) is 6.32. The van der Waals surface area contributed by atoms with Crippen LogP contribution in [0.1, 0.15) is 53.9 Å². The first-order valence-electron chi connectivity index (χ1n) is 6.72. The fourth-order valence-corrected chi connectivity index (χ4v) is 2.60. The van der Waals surface area contributed by atoms with Gasteiger partial charge in [-0.3, -0.25) is 4.79 Å². The van der Waals surface area contributed by atoms with Crippen molar-refractivity contribution in [1.82, 2.24) is 0 Å². The molecule has 1 aliphatic rings. The average Bonchev–Trinajstić information content (AvgIpc) is 2.46. The lowest BCUT2D eigenvalue weighted by molar-refractivity contribution is -0.131. The van der Waals surface area contributed by atoms with Crippen LogP contribution in [0.15, 0.2) is 36.4 Å². The van der Waals surface area contributed by atoms with E-state index in [-0.39, 0.29) is 5.78 Å². The summed E-state index contributed by atoms with van der Waals surface area (Å²) in [5.74, 6) is -0.753. The Bertz CT molecular complexity index is 479. The van der Waals surface area contributed by atoms with Crippen molar-refractivity contribution < 1.29 is 14.7 Å². The van der Waals surface area contributed by atoms with E-state index in [2.05, 4.69) is 0 Å². The Hall–Kier alpha value is -1.90. The number of carboxylic acids is 1. The molecule has 1 N–H and O–H groups in total. The van der Waals surface area contributed by atoms with Gasteiger partial charge < -0.3 is 5.11 Å². The van der Waals surface area contributed by atoms with Crippen molar-refractivity contribution in [2.75, 3.05) is 0 Å². The first-order chi connectivity index (χ1) is 9.16. The third kappa shape index (κ3) is 3.78. The van der Waals surface area contributed by atoms with Crippen LogP contribution < -0.4 is 0 Å². The Kier molecular flexibility index (Phi) is 4.50. The van der Waals surface area contributed by atoms with Crippen LogP contribution in [-0.2, 0) is 4.79 Å². The van der Waals surface area contributed by atoms with Gasteiger partial charge in [-0.2, -0.15) is 0 Å². The molecule has 1 aliphatic carbocycles. The predicted octanol–water partition coefficient (Wildman–Crippen LogP) is 3.56. The quantitative estimate of drug-likeness (QED) is 0.663. The van der Waals surface area contributed by atoms with Crippen molar-refractivity contribution in [1.29, 1.82) is 0 Å². The predicted molar refractivity (Wildman–Crippen MR) is 73.4 cm³/mol. The molecule has 100 valence electrons. The van der Waals surface area contributed by atoms with E-state index in [0.717, 1.165) is 12.2 Å². The topological polar surface area (TPSA) is 54.4 Å². The molecule has 0 radical (unpaired) electrons.